The van der Waals surface area contributed by atoms with Gasteiger partial charge >= 0.3 is 6.18 Å². The molecule has 0 radical (unpaired) electrons. The lowest BCUT2D eigenvalue weighted by Gasteiger charge is -2.06. The zero-order valence-electron chi connectivity index (χ0n) is 9.67. The summed E-state index contributed by atoms with van der Waals surface area (Å²) in [5, 5.41) is 2.57. The molecule has 0 saturated heterocycles. The predicted molar refractivity (Wildman–Crippen MR) is 62.4 cm³/mol. The van der Waals surface area contributed by atoms with Gasteiger partial charge in [0.05, 0.1) is 12.3 Å². The molecule has 1 N–H and O–H groups in total. The number of hydrogen-bond donors (Lipinski definition) is 1. The summed E-state index contributed by atoms with van der Waals surface area (Å²) in [7, 11) is 1.59. The van der Waals surface area contributed by atoms with Crippen LogP contribution in [0.15, 0.2) is 22.4 Å². The Morgan fingerprint density at radius 1 is 1.29 bits per heavy atom. The second-order valence-electron chi connectivity index (χ2n) is 3.83. The molecule has 17 heavy (non-hydrogen) atoms. The van der Waals surface area contributed by atoms with Crippen molar-refractivity contribution in [3.05, 3.63) is 12.4 Å². The van der Waals surface area contributed by atoms with E-state index in [1.54, 1.807) is 7.05 Å². The number of rotatable bonds is 4. The smallest absolute Gasteiger partial charge is 0.393 e. The van der Waals surface area contributed by atoms with E-state index in [0.717, 1.165) is 38.1 Å². The monoisotopic (exact) mass is 247 g/mol. The molecule has 0 aromatic rings. The Morgan fingerprint density at radius 3 is 2.47 bits per heavy atom. The van der Waals surface area contributed by atoms with Gasteiger partial charge in [0.15, 0.2) is 5.71 Å². The molecule has 0 atom stereocenters. The molecule has 1 aliphatic rings. The first-order chi connectivity index (χ1) is 8.04. The van der Waals surface area contributed by atoms with E-state index in [-0.39, 0.29) is 6.04 Å². The molecule has 3 nitrogen and oxygen atoms in total. The van der Waals surface area contributed by atoms with Gasteiger partial charge in [-0.3, -0.25) is 4.99 Å². The number of aliphatic imine (C=N–C) groups is 2. The molecular weight excluding hydrogens is 231 g/mol. The zero-order valence-corrected chi connectivity index (χ0v) is 9.67. The van der Waals surface area contributed by atoms with Crippen LogP contribution in [-0.2, 0) is 0 Å². The lowest BCUT2D eigenvalue weighted by Crippen LogP contribution is -2.24. The van der Waals surface area contributed by atoms with Gasteiger partial charge in [0.25, 0.3) is 0 Å². The summed E-state index contributed by atoms with van der Waals surface area (Å²) in [5.41, 5.74) is -0.962. The summed E-state index contributed by atoms with van der Waals surface area (Å²) in [6.45, 7) is 0. The molecule has 0 bridgehead atoms. The summed E-state index contributed by atoms with van der Waals surface area (Å²) in [6, 6.07) is 0.0239. The van der Waals surface area contributed by atoms with Crippen molar-refractivity contribution in [1.82, 2.24) is 5.32 Å². The van der Waals surface area contributed by atoms with Crippen molar-refractivity contribution >= 4 is 11.9 Å². The molecule has 96 valence electrons. The molecule has 6 heteroatoms. The topological polar surface area (TPSA) is 36.8 Å². The van der Waals surface area contributed by atoms with Gasteiger partial charge in [-0.2, -0.15) is 13.2 Å². The molecule has 1 aliphatic carbocycles. The van der Waals surface area contributed by atoms with Crippen molar-refractivity contribution in [2.75, 3.05) is 7.05 Å². The second-order valence-corrected chi connectivity index (χ2v) is 3.83. The highest BCUT2D eigenvalue weighted by Gasteiger charge is 2.34. The van der Waals surface area contributed by atoms with Crippen molar-refractivity contribution in [1.29, 1.82) is 0 Å². The van der Waals surface area contributed by atoms with Gasteiger partial charge in [0, 0.05) is 19.4 Å². The van der Waals surface area contributed by atoms with Crippen molar-refractivity contribution in [3.63, 3.8) is 0 Å². The van der Waals surface area contributed by atoms with E-state index < -0.39 is 11.9 Å². The quantitative estimate of drug-likeness (QED) is 0.762. The van der Waals surface area contributed by atoms with Crippen LogP contribution in [0.4, 0.5) is 13.2 Å². The third-order valence-electron chi connectivity index (χ3n) is 2.48. The minimum absolute atomic E-state index is 0.0239. The van der Waals surface area contributed by atoms with Crippen LogP contribution in [0.1, 0.15) is 25.7 Å². The molecule has 0 aromatic heterocycles. The summed E-state index contributed by atoms with van der Waals surface area (Å²) in [5.74, 6) is 0. The normalized spacial score (nSPS) is 19.6. The van der Waals surface area contributed by atoms with Crippen LogP contribution in [0.2, 0.25) is 0 Å². The van der Waals surface area contributed by atoms with E-state index in [1.807, 2.05) is 0 Å². The molecule has 0 aliphatic heterocycles. The van der Waals surface area contributed by atoms with Crippen molar-refractivity contribution in [3.8, 4) is 0 Å². The molecular formula is C11H16F3N3. The van der Waals surface area contributed by atoms with E-state index in [0.29, 0.717) is 0 Å². The van der Waals surface area contributed by atoms with Crippen LogP contribution in [0, 0.1) is 0 Å². The molecule has 0 amide bonds. The molecule has 0 spiro atoms. The zero-order chi connectivity index (χ0) is 12.7. The average Bonchev–Trinajstić information content (AvgIpc) is 2.74. The molecule has 0 aromatic carbocycles. The maximum atomic E-state index is 12.5. The first-order valence-electron chi connectivity index (χ1n) is 5.54. The van der Waals surface area contributed by atoms with Crippen molar-refractivity contribution in [2.45, 2.75) is 37.9 Å². The molecule has 0 heterocycles. The number of nitrogens with zero attached hydrogens (tertiary/aromatic N) is 2. The second kappa shape index (κ2) is 6.42. The third kappa shape index (κ3) is 5.01. The van der Waals surface area contributed by atoms with Gasteiger partial charge in [0.1, 0.15) is 0 Å². The summed E-state index contributed by atoms with van der Waals surface area (Å²) >= 11 is 0. The standard InChI is InChI=1S/C11H16F3N3/c1-15-6-7-16-10(11(12,13)14)8-17-9-4-2-3-5-9/h6-9,15H,2-5H2,1H3/b7-6+,16-10+,17-8-. The van der Waals surface area contributed by atoms with Gasteiger partial charge < -0.3 is 5.32 Å². The summed E-state index contributed by atoms with van der Waals surface area (Å²) < 4.78 is 37.6. The number of hydrogen-bond acceptors (Lipinski definition) is 3. The fourth-order valence-corrected chi connectivity index (χ4v) is 1.60. The van der Waals surface area contributed by atoms with Gasteiger partial charge in [-0.25, -0.2) is 4.99 Å². The minimum Gasteiger partial charge on any atom is -0.393 e. The van der Waals surface area contributed by atoms with Gasteiger partial charge in [0.2, 0.25) is 0 Å². The molecule has 1 fully saturated rings. The van der Waals surface area contributed by atoms with Crippen LogP contribution in [0.25, 0.3) is 0 Å². The van der Waals surface area contributed by atoms with Crippen molar-refractivity contribution < 1.29 is 13.2 Å². The summed E-state index contributed by atoms with van der Waals surface area (Å²) in [4.78, 5) is 7.28. The number of nitrogens with one attached hydrogen (secondary N) is 1. The third-order valence-corrected chi connectivity index (χ3v) is 2.48. The molecule has 1 rings (SSSR count). The largest absolute Gasteiger partial charge is 0.434 e. The van der Waals surface area contributed by atoms with E-state index in [1.165, 1.54) is 6.20 Å². The van der Waals surface area contributed by atoms with Crippen molar-refractivity contribution in [2.24, 2.45) is 9.98 Å². The highest BCUT2D eigenvalue weighted by atomic mass is 19.4. The Bertz CT molecular complexity index is 312. The van der Waals surface area contributed by atoms with E-state index in [9.17, 15) is 13.2 Å². The summed E-state index contributed by atoms with van der Waals surface area (Å²) in [6.07, 6.45) is 2.61. The van der Waals surface area contributed by atoms with Gasteiger partial charge in [-0.05, 0) is 12.8 Å². The molecule has 1 saturated carbocycles. The number of halogens is 3. The average molecular weight is 247 g/mol. The lowest BCUT2D eigenvalue weighted by atomic mass is 10.2. The van der Waals surface area contributed by atoms with Crippen LogP contribution in [0.5, 0.6) is 0 Å². The number of alkyl halides is 3. The Balaban J connectivity index is 2.69. The highest BCUT2D eigenvalue weighted by Crippen LogP contribution is 2.21. The maximum absolute atomic E-state index is 12.5. The van der Waals surface area contributed by atoms with Gasteiger partial charge in [-0.1, -0.05) is 12.8 Å². The van der Waals surface area contributed by atoms with E-state index in [4.69, 9.17) is 0 Å². The predicted octanol–water partition coefficient (Wildman–Crippen LogP) is 2.69. The Morgan fingerprint density at radius 2 is 1.94 bits per heavy atom. The van der Waals surface area contributed by atoms with Crippen LogP contribution in [0.3, 0.4) is 0 Å². The molecule has 0 unspecified atom stereocenters. The van der Waals surface area contributed by atoms with Crippen LogP contribution >= 0.6 is 0 Å². The highest BCUT2D eigenvalue weighted by molar-refractivity contribution is 6.33. The van der Waals surface area contributed by atoms with E-state index >= 15 is 0 Å². The first kappa shape index (κ1) is 13.7. The fraction of sp³-hybridized carbons (Fsp3) is 0.636. The van der Waals surface area contributed by atoms with E-state index in [2.05, 4.69) is 15.3 Å². The maximum Gasteiger partial charge on any atom is 0.434 e. The van der Waals surface area contributed by atoms with Crippen LogP contribution in [-0.4, -0.2) is 31.2 Å². The SMILES string of the molecule is CN/C=C/N=C(\C=N/C1CCCC1)C(F)(F)F. The Hall–Kier alpha value is -1.33. The lowest BCUT2D eigenvalue weighted by molar-refractivity contribution is -0.0564. The Kier molecular flexibility index (Phi) is 5.18. The minimum atomic E-state index is -4.46. The fourth-order valence-electron chi connectivity index (χ4n) is 1.60. The van der Waals surface area contributed by atoms with Gasteiger partial charge in [-0.15, -0.1) is 0 Å². The Labute approximate surface area is 98.5 Å². The van der Waals surface area contributed by atoms with Crippen LogP contribution < -0.4 is 5.32 Å². The first-order valence-corrected chi connectivity index (χ1v) is 5.54.